The lowest BCUT2D eigenvalue weighted by atomic mass is 9.69. The van der Waals surface area contributed by atoms with Crippen LogP contribution in [0.4, 0.5) is 11.4 Å². The van der Waals surface area contributed by atoms with Crippen LogP contribution in [-0.4, -0.2) is 133 Å². The molecule has 0 bridgehead atoms. The standard InChI is InChI=1S/C56H69N7O4/c64-48-16-19-50-41(35-48)12-17-49(39-6-2-1-3-7-39)54(50)40-10-13-45(14-11-40)60-24-22-46(23-25-60)61-30-26-58(27-31-61)36-42-8-4-5-9-43(42)37-59-28-32-62(33-29-59)47-15-18-51-44(34-47)38-63(56(51)67)52-20-21-53(65)57-55(52)66/h1-3,6-7,10-11,13-16,18-19,34-35,42-43,46,49,52,54,64H,4-5,8-9,12,17,20-33,36-38H2,(H,57,65,66)/t42-,43-,49+,52?,54-/m0/s1. The molecule has 5 fully saturated rings. The highest BCUT2D eigenvalue weighted by Crippen LogP contribution is 2.47. The second-order valence-electron chi connectivity index (χ2n) is 20.9. The Balaban J connectivity index is 0.634. The molecule has 67 heavy (non-hydrogen) atoms. The summed E-state index contributed by atoms with van der Waals surface area (Å²) >= 11 is 0. The second-order valence-corrected chi connectivity index (χ2v) is 20.9. The fraction of sp³-hybridized carbons (Fsp3) is 0.518. The van der Waals surface area contributed by atoms with Crippen molar-refractivity contribution in [3.63, 3.8) is 0 Å². The number of amides is 3. The number of aromatic hydroxyl groups is 1. The van der Waals surface area contributed by atoms with Gasteiger partial charge < -0.3 is 24.7 Å². The normalized spacial score (nSPS) is 27.0. The van der Waals surface area contributed by atoms with Crippen molar-refractivity contribution in [3.05, 3.63) is 124 Å². The van der Waals surface area contributed by atoms with Crippen LogP contribution in [0.3, 0.4) is 0 Å². The third-order valence-corrected chi connectivity index (χ3v) is 17.1. The summed E-state index contributed by atoms with van der Waals surface area (Å²) in [6.07, 6.45) is 10.6. The minimum atomic E-state index is -0.580. The van der Waals surface area contributed by atoms with Gasteiger partial charge in [0.1, 0.15) is 11.8 Å². The first-order chi connectivity index (χ1) is 32.8. The molecule has 352 valence electrons. The van der Waals surface area contributed by atoms with Gasteiger partial charge in [-0.1, -0.05) is 61.4 Å². The molecule has 7 aliphatic rings. The third-order valence-electron chi connectivity index (χ3n) is 17.1. The second kappa shape index (κ2) is 19.4. The number of anilines is 2. The maximum Gasteiger partial charge on any atom is 0.255 e. The molecule has 5 heterocycles. The molecular weight excluding hydrogens is 835 g/mol. The van der Waals surface area contributed by atoms with Gasteiger partial charge in [-0.2, -0.15) is 0 Å². The average molecular weight is 904 g/mol. The summed E-state index contributed by atoms with van der Waals surface area (Å²) in [5.41, 5.74) is 9.56. The summed E-state index contributed by atoms with van der Waals surface area (Å²) in [5, 5.41) is 12.7. The van der Waals surface area contributed by atoms with Crippen LogP contribution in [0, 0.1) is 11.8 Å². The molecule has 11 heteroatoms. The Morgan fingerprint density at radius 3 is 1.96 bits per heavy atom. The number of fused-ring (bicyclic) bond motifs is 2. The summed E-state index contributed by atoms with van der Waals surface area (Å²) in [7, 11) is 0. The Bertz CT molecular complexity index is 2400. The van der Waals surface area contributed by atoms with Gasteiger partial charge in [-0.25, -0.2) is 0 Å². The van der Waals surface area contributed by atoms with E-state index < -0.39 is 6.04 Å². The number of nitrogens with zero attached hydrogens (tertiary/aromatic N) is 6. The Hall–Kier alpha value is -5.23. The molecule has 1 unspecified atom stereocenters. The van der Waals surface area contributed by atoms with Crippen LogP contribution < -0.4 is 15.1 Å². The number of hydrogen-bond acceptors (Lipinski definition) is 9. The molecule has 4 saturated heterocycles. The molecule has 11 rings (SSSR count). The van der Waals surface area contributed by atoms with E-state index in [-0.39, 0.29) is 30.1 Å². The van der Waals surface area contributed by atoms with Gasteiger partial charge in [0.25, 0.3) is 5.91 Å². The van der Waals surface area contributed by atoms with Gasteiger partial charge in [0.15, 0.2) is 0 Å². The highest BCUT2D eigenvalue weighted by atomic mass is 16.3. The molecule has 4 aromatic carbocycles. The fourth-order valence-corrected chi connectivity index (χ4v) is 13.3. The van der Waals surface area contributed by atoms with Crippen LogP contribution in [0.5, 0.6) is 5.75 Å². The number of piperazine rings is 2. The molecular formula is C56H69N7O4. The van der Waals surface area contributed by atoms with Crippen LogP contribution in [0.1, 0.15) is 108 Å². The first kappa shape index (κ1) is 44.3. The third kappa shape index (κ3) is 9.36. The highest BCUT2D eigenvalue weighted by molar-refractivity contribution is 6.05. The van der Waals surface area contributed by atoms with E-state index in [0.29, 0.717) is 36.2 Å². The van der Waals surface area contributed by atoms with E-state index in [1.807, 2.05) is 18.2 Å². The van der Waals surface area contributed by atoms with E-state index in [4.69, 9.17) is 0 Å². The van der Waals surface area contributed by atoms with E-state index in [1.165, 1.54) is 106 Å². The predicted octanol–water partition coefficient (Wildman–Crippen LogP) is 7.23. The minimum absolute atomic E-state index is 0.108. The number of nitrogens with one attached hydrogen (secondary N) is 1. The number of imide groups is 1. The SMILES string of the molecule is O=C1CCC(N2Cc3cc(N4CCN(C[C@@H]5CCCC[C@H]5CN5CCN(C6CCN(c7ccc([C@@H]8c9ccc(O)cc9CC[C@@H]8c8ccccc8)cc7)CC6)CC5)CC4)ccc3C2=O)C(=O)N1. The zero-order valence-corrected chi connectivity index (χ0v) is 39.2. The van der Waals surface area contributed by atoms with Gasteiger partial charge in [0.2, 0.25) is 11.8 Å². The van der Waals surface area contributed by atoms with Crippen molar-refractivity contribution in [3.8, 4) is 5.75 Å². The molecule has 4 aromatic rings. The van der Waals surface area contributed by atoms with E-state index in [0.717, 1.165) is 75.2 Å². The fourth-order valence-electron chi connectivity index (χ4n) is 13.3. The topological polar surface area (TPSA) is 103 Å². The molecule has 0 spiro atoms. The summed E-state index contributed by atoms with van der Waals surface area (Å²) in [4.78, 5) is 52.5. The summed E-state index contributed by atoms with van der Waals surface area (Å²) in [5.74, 6) is 1.88. The Morgan fingerprint density at radius 1 is 0.582 bits per heavy atom. The van der Waals surface area contributed by atoms with E-state index >= 15 is 0 Å². The number of piperidine rings is 2. The first-order valence-corrected chi connectivity index (χ1v) is 25.7. The average Bonchev–Trinajstić information content (AvgIpc) is 3.69. The number of rotatable bonds is 10. The highest BCUT2D eigenvalue weighted by Gasteiger charge is 2.40. The Kier molecular flexibility index (Phi) is 12.8. The Morgan fingerprint density at radius 2 is 1.25 bits per heavy atom. The lowest BCUT2D eigenvalue weighted by Gasteiger charge is -2.45. The molecule has 11 nitrogen and oxygen atoms in total. The van der Waals surface area contributed by atoms with Crippen LogP contribution in [0.25, 0.3) is 0 Å². The quantitative estimate of drug-likeness (QED) is 0.160. The number of hydrogen-bond donors (Lipinski definition) is 2. The van der Waals surface area contributed by atoms with Crippen molar-refractivity contribution in [2.24, 2.45) is 11.8 Å². The molecule has 2 N–H and O–H groups in total. The molecule has 5 atom stereocenters. The lowest BCUT2D eigenvalue weighted by Crippen LogP contribution is -2.54. The molecule has 1 saturated carbocycles. The van der Waals surface area contributed by atoms with Crippen molar-refractivity contribution in [2.75, 3.05) is 88.3 Å². The maximum absolute atomic E-state index is 13.3. The molecule has 0 radical (unpaired) electrons. The van der Waals surface area contributed by atoms with E-state index in [2.05, 4.69) is 103 Å². The van der Waals surface area contributed by atoms with Crippen molar-refractivity contribution in [1.82, 2.24) is 24.9 Å². The van der Waals surface area contributed by atoms with Gasteiger partial charge >= 0.3 is 0 Å². The zero-order chi connectivity index (χ0) is 45.4. The number of phenolic OH excluding ortho intramolecular Hbond substituents is 1. The number of carbonyl (C=O) groups excluding carboxylic acids is 3. The molecule has 2 aliphatic carbocycles. The van der Waals surface area contributed by atoms with Gasteiger partial charge in [0.05, 0.1) is 0 Å². The number of benzene rings is 4. The monoisotopic (exact) mass is 904 g/mol. The number of carbonyl (C=O) groups is 3. The van der Waals surface area contributed by atoms with Crippen LogP contribution in [0.2, 0.25) is 0 Å². The lowest BCUT2D eigenvalue weighted by molar-refractivity contribution is -0.136. The molecule has 5 aliphatic heterocycles. The van der Waals surface area contributed by atoms with Gasteiger partial charge in [-0.3, -0.25) is 29.5 Å². The number of phenols is 1. The van der Waals surface area contributed by atoms with Crippen molar-refractivity contribution in [1.29, 1.82) is 0 Å². The van der Waals surface area contributed by atoms with Gasteiger partial charge in [-0.15, -0.1) is 0 Å². The summed E-state index contributed by atoms with van der Waals surface area (Å²) in [6, 6.07) is 32.8. The van der Waals surface area contributed by atoms with Gasteiger partial charge in [-0.05, 0) is 133 Å². The summed E-state index contributed by atoms with van der Waals surface area (Å²) < 4.78 is 0. The van der Waals surface area contributed by atoms with Crippen molar-refractivity contribution >= 4 is 29.1 Å². The van der Waals surface area contributed by atoms with Crippen LogP contribution >= 0.6 is 0 Å². The first-order valence-electron chi connectivity index (χ1n) is 25.7. The van der Waals surface area contributed by atoms with Gasteiger partial charge in [0, 0.05) is 120 Å². The summed E-state index contributed by atoms with van der Waals surface area (Å²) in [6.45, 7) is 13.9. The Labute approximate surface area is 397 Å². The predicted molar refractivity (Wildman–Crippen MR) is 264 cm³/mol. The smallest absolute Gasteiger partial charge is 0.255 e. The molecule has 3 amide bonds. The largest absolute Gasteiger partial charge is 0.508 e. The van der Waals surface area contributed by atoms with E-state index in [1.54, 1.807) is 4.90 Å². The molecule has 0 aromatic heterocycles. The minimum Gasteiger partial charge on any atom is -0.508 e. The van der Waals surface area contributed by atoms with Crippen LogP contribution in [-0.2, 0) is 22.6 Å². The maximum atomic E-state index is 13.3. The van der Waals surface area contributed by atoms with Crippen molar-refractivity contribution in [2.45, 2.75) is 94.7 Å². The van der Waals surface area contributed by atoms with Crippen molar-refractivity contribution < 1.29 is 19.5 Å². The number of aryl methyl sites for hydroxylation is 1. The zero-order valence-electron chi connectivity index (χ0n) is 39.2. The van der Waals surface area contributed by atoms with E-state index in [9.17, 15) is 19.5 Å². The van der Waals surface area contributed by atoms with Crippen LogP contribution in [0.15, 0.2) is 91.0 Å².